The predicted octanol–water partition coefficient (Wildman–Crippen LogP) is 2.35. The summed E-state index contributed by atoms with van der Waals surface area (Å²) in [5, 5.41) is 2.81. The van der Waals surface area contributed by atoms with E-state index in [9.17, 15) is 13.2 Å². The maximum atomic E-state index is 12.1. The molecule has 134 valence electrons. The number of rotatable bonds is 7. The fraction of sp³-hybridized carbons (Fsp3) is 0.278. The molecule has 0 unspecified atom stereocenters. The second kappa shape index (κ2) is 8.02. The van der Waals surface area contributed by atoms with Crippen LogP contribution in [0.25, 0.3) is 0 Å². The molecule has 0 fully saturated rings. The highest BCUT2D eigenvalue weighted by atomic mass is 32.2. The summed E-state index contributed by atoms with van der Waals surface area (Å²) < 4.78 is 33.6. The van der Waals surface area contributed by atoms with Crippen LogP contribution in [0.4, 0.5) is 0 Å². The molecule has 0 saturated carbocycles. The van der Waals surface area contributed by atoms with Gasteiger partial charge in [-0.1, -0.05) is 24.3 Å². The molecule has 2 rings (SSSR count). The molecule has 1 atom stereocenters. The third kappa shape index (κ3) is 5.22. The van der Waals surface area contributed by atoms with Crippen molar-refractivity contribution in [3.8, 4) is 11.5 Å². The van der Waals surface area contributed by atoms with Crippen LogP contribution in [0.5, 0.6) is 11.5 Å². The molecule has 0 aliphatic rings. The number of methoxy groups -OCH3 is 1. The van der Waals surface area contributed by atoms with Crippen molar-refractivity contribution < 1.29 is 22.7 Å². The molecular formula is C18H21NO5S. The van der Waals surface area contributed by atoms with E-state index < -0.39 is 9.84 Å². The van der Waals surface area contributed by atoms with Crippen molar-refractivity contribution in [3.05, 3.63) is 54.1 Å². The minimum atomic E-state index is -3.23. The number of sulfone groups is 1. The minimum Gasteiger partial charge on any atom is -0.493 e. The van der Waals surface area contributed by atoms with E-state index in [2.05, 4.69) is 5.32 Å². The summed E-state index contributed by atoms with van der Waals surface area (Å²) in [6.45, 7) is 1.67. The standard InChI is InChI=1S/C18H21NO5S/c1-13(14-8-10-15(11-9-14)25(3,21)22)19-18(20)12-24-17-7-5-4-6-16(17)23-2/h4-11,13H,12H2,1-3H3,(H,19,20)/t13-/m0/s1. The van der Waals surface area contributed by atoms with Crippen LogP contribution in [0.15, 0.2) is 53.4 Å². The monoisotopic (exact) mass is 363 g/mol. The molecule has 0 heterocycles. The van der Waals surface area contributed by atoms with Crippen LogP contribution < -0.4 is 14.8 Å². The number of hydrogen-bond donors (Lipinski definition) is 1. The lowest BCUT2D eigenvalue weighted by molar-refractivity contribution is -0.123. The van der Waals surface area contributed by atoms with E-state index in [1.54, 1.807) is 30.3 Å². The van der Waals surface area contributed by atoms with Crippen LogP contribution in [0.2, 0.25) is 0 Å². The second-order valence-electron chi connectivity index (χ2n) is 5.57. The first kappa shape index (κ1) is 18.8. The number of carbonyl (C=O) groups excluding carboxylic acids is 1. The Morgan fingerprint density at radius 3 is 2.24 bits per heavy atom. The van der Waals surface area contributed by atoms with Gasteiger partial charge in [-0.05, 0) is 36.8 Å². The predicted molar refractivity (Wildman–Crippen MR) is 94.6 cm³/mol. The SMILES string of the molecule is COc1ccccc1OCC(=O)N[C@@H](C)c1ccc(S(C)(=O)=O)cc1. The van der Waals surface area contributed by atoms with Crippen molar-refractivity contribution in [1.29, 1.82) is 0 Å². The van der Waals surface area contributed by atoms with Crippen LogP contribution in [-0.2, 0) is 14.6 Å². The zero-order valence-electron chi connectivity index (χ0n) is 14.4. The Kier molecular flexibility index (Phi) is 6.03. The summed E-state index contributed by atoms with van der Waals surface area (Å²) in [5.74, 6) is 0.760. The van der Waals surface area contributed by atoms with E-state index in [-0.39, 0.29) is 23.5 Å². The molecule has 0 saturated heterocycles. The van der Waals surface area contributed by atoms with Gasteiger partial charge in [0.15, 0.2) is 27.9 Å². The Labute approximate surface area is 147 Å². The van der Waals surface area contributed by atoms with E-state index in [0.717, 1.165) is 11.8 Å². The van der Waals surface area contributed by atoms with Gasteiger partial charge < -0.3 is 14.8 Å². The number of ether oxygens (including phenoxy) is 2. The first-order chi connectivity index (χ1) is 11.8. The molecule has 1 N–H and O–H groups in total. The van der Waals surface area contributed by atoms with E-state index in [1.807, 2.05) is 13.0 Å². The molecule has 0 aliphatic carbocycles. The number of nitrogens with one attached hydrogen (secondary N) is 1. The van der Waals surface area contributed by atoms with Gasteiger partial charge in [-0.3, -0.25) is 4.79 Å². The highest BCUT2D eigenvalue weighted by molar-refractivity contribution is 7.90. The largest absolute Gasteiger partial charge is 0.493 e. The van der Waals surface area contributed by atoms with Gasteiger partial charge in [-0.25, -0.2) is 8.42 Å². The highest BCUT2D eigenvalue weighted by Crippen LogP contribution is 2.25. The molecule has 0 radical (unpaired) electrons. The van der Waals surface area contributed by atoms with Crippen LogP contribution in [-0.4, -0.2) is 34.3 Å². The van der Waals surface area contributed by atoms with Crippen LogP contribution in [0.1, 0.15) is 18.5 Å². The van der Waals surface area contributed by atoms with E-state index in [0.29, 0.717) is 11.5 Å². The highest BCUT2D eigenvalue weighted by Gasteiger charge is 2.13. The van der Waals surface area contributed by atoms with E-state index >= 15 is 0 Å². The molecule has 25 heavy (non-hydrogen) atoms. The smallest absolute Gasteiger partial charge is 0.258 e. The lowest BCUT2D eigenvalue weighted by Gasteiger charge is -2.15. The molecule has 2 aromatic carbocycles. The van der Waals surface area contributed by atoms with Gasteiger partial charge >= 0.3 is 0 Å². The minimum absolute atomic E-state index is 0.147. The van der Waals surface area contributed by atoms with Gasteiger partial charge in [0.1, 0.15) is 0 Å². The summed E-state index contributed by atoms with van der Waals surface area (Å²) >= 11 is 0. The van der Waals surface area contributed by atoms with E-state index in [1.165, 1.54) is 19.2 Å². The number of carbonyl (C=O) groups is 1. The maximum Gasteiger partial charge on any atom is 0.258 e. The van der Waals surface area contributed by atoms with Crippen molar-refractivity contribution in [2.75, 3.05) is 20.0 Å². The van der Waals surface area contributed by atoms with E-state index in [4.69, 9.17) is 9.47 Å². The van der Waals surface area contributed by atoms with Crippen molar-refractivity contribution in [2.24, 2.45) is 0 Å². The molecule has 7 heteroatoms. The number of benzene rings is 2. The van der Waals surface area contributed by atoms with Gasteiger partial charge in [-0.15, -0.1) is 0 Å². The molecule has 6 nitrogen and oxygen atoms in total. The van der Waals surface area contributed by atoms with Crippen LogP contribution in [0.3, 0.4) is 0 Å². The molecule has 0 bridgehead atoms. The fourth-order valence-electron chi connectivity index (χ4n) is 2.25. The Hall–Kier alpha value is -2.54. The average molecular weight is 363 g/mol. The molecule has 1 amide bonds. The van der Waals surface area contributed by atoms with Crippen LogP contribution >= 0.6 is 0 Å². The van der Waals surface area contributed by atoms with Gasteiger partial charge in [0.2, 0.25) is 0 Å². The third-order valence-corrected chi connectivity index (χ3v) is 4.74. The topological polar surface area (TPSA) is 81.7 Å². The summed E-state index contributed by atoms with van der Waals surface area (Å²) in [6, 6.07) is 13.2. The Balaban J connectivity index is 1.93. The number of amides is 1. The van der Waals surface area contributed by atoms with Crippen molar-refractivity contribution in [2.45, 2.75) is 17.9 Å². The second-order valence-corrected chi connectivity index (χ2v) is 7.59. The Bertz CT molecular complexity index is 831. The maximum absolute atomic E-state index is 12.1. The summed E-state index contributed by atoms with van der Waals surface area (Å²) in [7, 11) is -1.70. The van der Waals surface area contributed by atoms with Crippen molar-refractivity contribution in [3.63, 3.8) is 0 Å². The van der Waals surface area contributed by atoms with Crippen LogP contribution in [0, 0.1) is 0 Å². The summed E-state index contributed by atoms with van der Waals surface area (Å²) in [4.78, 5) is 12.3. The molecule has 0 aliphatic heterocycles. The van der Waals surface area contributed by atoms with Gasteiger partial charge in [-0.2, -0.15) is 0 Å². The first-order valence-electron chi connectivity index (χ1n) is 7.66. The lowest BCUT2D eigenvalue weighted by atomic mass is 10.1. The van der Waals surface area contributed by atoms with Crippen molar-refractivity contribution in [1.82, 2.24) is 5.32 Å². The molecule has 0 aromatic heterocycles. The lowest BCUT2D eigenvalue weighted by Crippen LogP contribution is -2.31. The quantitative estimate of drug-likeness (QED) is 0.817. The molecular weight excluding hydrogens is 342 g/mol. The first-order valence-corrected chi connectivity index (χ1v) is 9.55. The van der Waals surface area contributed by atoms with Crippen molar-refractivity contribution >= 4 is 15.7 Å². The van der Waals surface area contributed by atoms with Gasteiger partial charge in [0.05, 0.1) is 18.0 Å². The Morgan fingerprint density at radius 2 is 1.68 bits per heavy atom. The fourth-order valence-corrected chi connectivity index (χ4v) is 2.88. The normalized spacial score (nSPS) is 12.3. The Morgan fingerprint density at radius 1 is 1.08 bits per heavy atom. The van der Waals surface area contributed by atoms with Gasteiger partial charge in [0.25, 0.3) is 5.91 Å². The zero-order chi connectivity index (χ0) is 18.4. The third-order valence-electron chi connectivity index (χ3n) is 3.61. The number of hydrogen-bond acceptors (Lipinski definition) is 5. The zero-order valence-corrected chi connectivity index (χ0v) is 15.2. The summed E-state index contributed by atoms with van der Waals surface area (Å²) in [6.07, 6.45) is 1.16. The molecule has 2 aromatic rings. The summed E-state index contributed by atoms with van der Waals surface area (Å²) in [5.41, 5.74) is 0.804. The number of para-hydroxylation sites is 2. The molecule has 0 spiro atoms. The average Bonchev–Trinajstić information content (AvgIpc) is 2.59. The van der Waals surface area contributed by atoms with Gasteiger partial charge in [0, 0.05) is 6.26 Å².